The van der Waals surface area contributed by atoms with Gasteiger partial charge < -0.3 is 16.2 Å². The van der Waals surface area contributed by atoms with Gasteiger partial charge in [0.05, 0.1) is 11.3 Å². The van der Waals surface area contributed by atoms with E-state index >= 15 is 0 Å². The van der Waals surface area contributed by atoms with Gasteiger partial charge in [0, 0.05) is 11.7 Å². The topological polar surface area (TPSA) is 75.3 Å². The first-order chi connectivity index (χ1) is 9.61. The Morgan fingerprint density at radius 2 is 2.10 bits per heavy atom. The summed E-state index contributed by atoms with van der Waals surface area (Å²) in [5, 5.41) is 12.7. The van der Waals surface area contributed by atoms with Gasteiger partial charge in [-0.2, -0.15) is 0 Å². The fourth-order valence-corrected chi connectivity index (χ4v) is 3.16. The van der Waals surface area contributed by atoms with Crippen LogP contribution in [0.5, 0.6) is 0 Å². The third-order valence-corrected chi connectivity index (χ3v) is 4.27. The zero-order valence-electron chi connectivity index (χ0n) is 12.1. The SMILES string of the molecule is CCC(Nc1cc(N)ccc1C(=O)O)C1CCCCC1. The predicted molar refractivity (Wildman–Crippen MR) is 82.1 cm³/mol. The van der Waals surface area contributed by atoms with Crippen LogP contribution in [0.3, 0.4) is 0 Å². The summed E-state index contributed by atoms with van der Waals surface area (Å²) in [7, 11) is 0. The van der Waals surface area contributed by atoms with E-state index in [9.17, 15) is 9.90 Å². The molecular weight excluding hydrogens is 252 g/mol. The molecule has 4 N–H and O–H groups in total. The maximum absolute atomic E-state index is 11.3. The number of rotatable bonds is 5. The molecule has 0 spiro atoms. The summed E-state index contributed by atoms with van der Waals surface area (Å²) in [6.45, 7) is 2.15. The third kappa shape index (κ3) is 3.44. The molecule has 1 aromatic rings. The minimum absolute atomic E-state index is 0.299. The van der Waals surface area contributed by atoms with Crippen molar-refractivity contribution in [2.24, 2.45) is 5.92 Å². The molecule has 2 rings (SSSR count). The monoisotopic (exact) mass is 276 g/mol. The summed E-state index contributed by atoms with van der Waals surface area (Å²) in [5.74, 6) is -0.275. The van der Waals surface area contributed by atoms with Gasteiger partial charge in [0.1, 0.15) is 0 Å². The van der Waals surface area contributed by atoms with Gasteiger partial charge in [-0.1, -0.05) is 26.2 Å². The average molecular weight is 276 g/mol. The van der Waals surface area contributed by atoms with E-state index in [1.54, 1.807) is 18.2 Å². The molecule has 4 heteroatoms. The van der Waals surface area contributed by atoms with Crippen LogP contribution in [0, 0.1) is 5.92 Å². The number of hydrogen-bond acceptors (Lipinski definition) is 3. The van der Waals surface area contributed by atoms with Crippen LogP contribution >= 0.6 is 0 Å². The zero-order valence-corrected chi connectivity index (χ0v) is 12.1. The normalized spacial score (nSPS) is 17.6. The van der Waals surface area contributed by atoms with Gasteiger partial charge in [-0.25, -0.2) is 4.79 Å². The van der Waals surface area contributed by atoms with E-state index in [0.717, 1.165) is 6.42 Å². The van der Waals surface area contributed by atoms with Crippen molar-refractivity contribution in [2.45, 2.75) is 51.5 Å². The molecule has 0 aliphatic heterocycles. The first kappa shape index (κ1) is 14.7. The van der Waals surface area contributed by atoms with E-state index in [0.29, 0.717) is 28.9 Å². The van der Waals surface area contributed by atoms with Crippen molar-refractivity contribution in [1.82, 2.24) is 0 Å². The van der Waals surface area contributed by atoms with Crippen LogP contribution in [0.1, 0.15) is 55.8 Å². The first-order valence-corrected chi connectivity index (χ1v) is 7.51. The van der Waals surface area contributed by atoms with Crippen LogP contribution in [0.25, 0.3) is 0 Å². The standard InChI is InChI=1S/C16H24N2O2/c1-2-14(11-6-4-3-5-7-11)18-15-10-12(17)8-9-13(15)16(19)20/h8-11,14,18H,2-7,17H2,1H3,(H,19,20). The molecule has 1 atom stereocenters. The largest absolute Gasteiger partial charge is 0.478 e. The Bertz CT molecular complexity index is 468. The Hall–Kier alpha value is -1.71. The van der Waals surface area contributed by atoms with Crippen molar-refractivity contribution in [3.63, 3.8) is 0 Å². The number of nitrogens with one attached hydrogen (secondary N) is 1. The summed E-state index contributed by atoms with van der Waals surface area (Å²) < 4.78 is 0. The summed E-state index contributed by atoms with van der Waals surface area (Å²) in [6.07, 6.45) is 7.35. The summed E-state index contributed by atoms with van der Waals surface area (Å²) >= 11 is 0. The Balaban J connectivity index is 2.17. The molecule has 0 saturated heterocycles. The van der Waals surface area contributed by atoms with Crippen LogP contribution in [-0.4, -0.2) is 17.1 Å². The number of aromatic carboxylic acids is 1. The van der Waals surface area contributed by atoms with E-state index in [2.05, 4.69) is 12.2 Å². The average Bonchev–Trinajstić information content (AvgIpc) is 2.45. The molecule has 1 aliphatic rings. The number of benzene rings is 1. The molecule has 1 unspecified atom stereocenters. The lowest BCUT2D eigenvalue weighted by molar-refractivity contribution is 0.0698. The molecule has 0 amide bonds. The molecule has 1 saturated carbocycles. The molecule has 0 radical (unpaired) electrons. The fourth-order valence-electron chi connectivity index (χ4n) is 3.16. The molecule has 1 aliphatic carbocycles. The minimum atomic E-state index is -0.911. The van der Waals surface area contributed by atoms with Gasteiger partial charge in [0.2, 0.25) is 0 Å². The first-order valence-electron chi connectivity index (χ1n) is 7.51. The number of nitrogen functional groups attached to an aromatic ring is 1. The van der Waals surface area contributed by atoms with Crippen LogP contribution in [-0.2, 0) is 0 Å². The number of hydrogen-bond donors (Lipinski definition) is 3. The van der Waals surface area contributed by atoms with Crippen LogP contribution in [0.15, 0.2) is 18.2 Å². The number of carboxylic acids is 1. The van der Waals surface area contributed by atoms with Crippen molar-refractivity contribution in [2.75, 3.05) is 11.1 Å². The highest BCUT2D eigenvalue weighted by Gasteiger charge is 2.23. The molecule has 4 nitrogen and oxygen atoms in total. The van der Waals surface area contributed by atoms with Crippen LogP contribution in [0.4, 0.5) is 11.4 Å². The second-order valence-electron chi connectivity index (χ2n) is 5.67. The highest BCUT2D eigenvalue weighted by molar-refractivity contribution is 5.95. The quantitative estimate of drug-likeness (QED) is 0.716. The van der Waals surface area contributed by atoms with Crippen molar-refractivity contribution in [1.29, 1.82) is 0 Å². The Morgan fingerprint density at radius 3 is 2.70 bits per heavy atom. The molecule has 0 bridgehead atoms. The lowest BCUT2D eigenvalue weighted by Crippen LogP contribution is -2.30. The Labute approximate surface area is 120 Å². The highest BCUT2D eigenvalue weighted by atomic mass is 16.4. The second kappa shape index (κ2) is 6.64. The molecule has 1 aromatic carbocycles. The lowest BCUT2D eigenvalue weighted by Gasteiger charge is -2.31. The number of anilines is 2. The van der Waals surface area contributed by atoms with Crippen molar-refractivity contribution < 1.29 is 9.90 Å². The summed E-state index contributed by atoms with van der Waals surface area (Å²) in [4.78, 5) is 11.3. The van der Waals surface area contributed by atoms with Crippen molar-refractivity contribution in [3.8, 4) is 0 Å². The van der Waals surface area contributed by atoms with E-state index in [1.807, 2.05) is 0 Å². The van der Waals surface area contributed by atoms with Gasteiger partial charge in [0.15, 0.2) is 0 Å². The molecule has 1 fully saturated rings. The molecular formula is C16H24N2O2. The van der Waals surface area contributed by atoms with Gasteiger partial charge in [-0.3, -0.25) is 0 Å². The highest BCUT2D eigenvalue weighted by Crippen LogP contribution is 2.31. The third-order valence-electron chi connectivity index (χ3n) is 4.27. The number of nitrogens with two attached hydrogens (primary N) is 1. The van der Waals surface area contributed by atoms with E-state index < -0.39 is 5.97 Å². The number of carboxylic acid groups (broad SMARTS) is 1. The smallest absolute Gasteiger partial charge is 0.337 e. The van der Waals surface area contributed by atoms with E-state index in [4.69, 9.17) is 5.73 Å². The lowest BCUT2D eigenvalue weighted by atomic mass is 9.82. The summed E-state index contributed by atoms with van der Waals surface area (Å²) in [6, 6.07) is 5.27. The molecule has 0 aromatic heterocycles. The molecule has 20 heavy (non-hydrogen) atoms. The van der Waals surface area contributed by atoms with Crippen LogP contribution < -0.4 is 11.1 Å². The molecule has 0 heterocycles. The minimum Gasteiger partial charge on any atom is -0.478 e. The summed E-state index contributed by atoms with van der Waals surface area (Å²) in [5.41, 5.74) is 7.33. The van der Waals surface area contributed by atoms with Gasteiger partial charge in [0.25, 0.3) is 0 Å². The van der Waals surface area contributed by atoms with Crippen molar-refractivity contribution >= 4 is 17.3 Å². The fraction of sp³-hybridized carbons (Fsp3) is 0.562. The van der Waals surface area contributed by atoms with E-state index in [-0.39, 0.29) is 0 Å². The van der Waals surface area contributed by atoms with Gasteiger partial charge in [-0.05, 0) is 43.4 Å². The van der Waals surface area contributed by atoms with E-state index in [1.165, 1.54) is 32.1 Å². The Kier molecular flexibility index (Phi) is 4.88. The maximum atomic E-state index is 11.3. The van der Waals surface area contributed by atoms with Crippen LogP contribution in [0.2, 0.25) is 0 Å². The maximum Gasteiger partial charge on any atom is 0.337 e. The molecule has 110 valence electrons. The van der Waals surface area contributed by atoms with Gasteiger partial charge >= 0.3 is 5.97 Å². The van der Waals surface area contributed by atoms with Crippen molar-refractivity contribution in [3.05, 3.63) is 23.8 Å². The zero-order chi connectivity index (χ0) is 14.5. The Morgan fingerprint density at radius 1 is 1.40 bits per heavy atom. The second-order valence-corrected chi connectivity index (χ2v) is 5.67. The number of carbonyl (C=O) groups is 1. The predicted octanol–water partition coefficient (Wildman–Crippen LogP) is 3.74. The van der Waals surface area contributed by atoms with Gasteiger partial charge in [-0.15, -0.1) is 0 Å².